The molecule has 2 aromatic heterocycles. The summed E-state index contributed by atoms with van der Waals surface area (Å²) in [5.41, 5.74) is -0.403. The van der Waals surface area contributed by atoms with Gasteiger partial charge in [-0.05, 0) is 20.8 Å². The van der Waals surface area contributed by atoms with Crippen LogP contribution in [0.1, 0.15) is 37.5 Å². The molecule has 0 fully saturated rings. The molecule has 102 valence electrons. The molecule has 2 heterocycles. The molecule has 1 atom stereocenters. The lowest BCUT2D eigenvalue weighted by Gasteiger charge is -2.16. The molecule has 1 unspecified atom stereocenters. The van der Waals surface area contributed by atoms with Crippen LogP contribution in [-0.4, -0.2) is 21.0 Å². The maximum atomic E-state index is 11.2. The summed E-state index contributed by atoms with van der Waals surface area (Å²) in [5.74, 6) is -0.877. The molecule has 19 heavy (non-hydrogen) atoms. The van der Waals surface area contributed by atoms with Gasteiger partial charge in [-0.3, -0.25) is 4.79 Å². The van der Waals surface area contributed by atoms with Crippen LogP contribution in [0.4, 0.5) is 5.13 Å². The molecule has 0 bridgehead atoms. The number of anilines is 1. The predicted molar refractivity (Wildman–Crippen MR) is 76.9 cm³/mol. The highest BCUT2D eigenvalue weighted by atomic mass is 32.1. The highest BCUT2D eigenvalue weighted by Crippen LogP contribution is 2.29. The number of rotatable bonds is 5. The Bertz CT molecular complexity index is 563. The van der Waals surface area contributed by atoms with Crippen molar-refractivity contribution in [1.82, 2.24) is 9.97 Å². The molecular weight excluding hydrogens is 282 g/mol. The van der Waals surface area contributed by atoms with E-state index < -0.39 is 11.4 Å². The van der Waals surface area contributed by atoms with Crippen molar-refractivity contribution < 1.29 is 9.90 Å². The lowest BCUT2D eigenvalue weighted by Crippen LogP contribution is -2.28. The highest BCUT2D eigenvalue weighted by Gasteiger charge is 2.32. The third-order valence-corrected chi connectivity index (χ3v) is 4.57. The molecule has 0 saturated heterocycles. The van der Waals surface area contributed by atoms with E-state index in [1.165, 1.54) is 11.3 Å². The number of carboxylic acid groups (broad SMARTS) is 1. The molecule has 0 amide bonds. The Morgan fingerprint density at radius 1 is 1.47 bits per heavy atom. The van der Waals surface area contributed by atoms with Gasteiger partial charge in [0.1, 0.15) is 10.4 Å². The number of hydrogen-bond donors (Lipinski definition) is 2. The van der Waals surface area contributed by atoms with Crippen molar-refractivity contribution in [3.8, 4) is 0 Å². The molecule has 0 aliphatic rings. The van der Waals surface area contributed by atoms with E-state index in [1.54, 1.807) is 36.8 Å². The van der Waals surface area contributed by atoms with Gasteiger partial charge in [0.05, 0.1) is 11.7 Å². The fourth-order valence-electron chi connectivity index (χ4n) is 1.43. The summed E-state index contributed by atoms with van der Waals surface area (Å²) in [7, 11) is 0. The Hall–Kier alpha value is -1.47. The largest absolute Gasteiger partial charge is 0.481 e. The summed E-state index contributed by atoms with van der Waals surface area (Å²) >= 11 is 2.99. The van der Waals surface area contributed by atoms with Gasteiger partial charge in [0.15, 0.2) is 5.13 Å². The van der Waals surface area contributed by atoms with Crippen LogP contribution >= 0.6 is 22.7 Å². The Morgan fingerprint density at radius 3 is 2.79 bits per heavy atom. The average molecular weight is 297 g/mol. The van der Waals surface area contributed by atoms with Crippen molar-refractivity contribution in [2.45, 2.75) is 32.2 Å². The summed E-state index contributed by atoms with van der Waals surface area (Å²) < 4.78 is 0. The zero-order valence-electron chi connectivity index (χ0n) is 10.9. The number of nitrogens with zero attached hydrogens (tertiary/aromatic N) is 2. The molecule has 2 N–H and O–H groups in total. The topological polar surface area (TPSA) is 75.1 Å². The average Bonchev–Trinajstić information content (AvgIpc) is 2.99. The van der Waals surface area contributed by atoms with Crippen molar-refractivity contribution in [2.75, 3.05) is 5.32 Å². The number of aromatic nitrogens is 2. The normalized spacial score (nSPS) is 13.2. The summed E-state index contributed by atoms with van der Waals surface area (Å²) in [6.07, 6.45) is 1.76. The molecule has 0 aromatic carbocycles. The Morgan fingerprint density at radius 2 is 2.21 bits per heavy atom. The summed E-state index contributed by atoms with van der Waals surface area (Å²) in [5, 5.41) is 17.8. The lowest BCUT2D eigenvalue weighted by atomic mass is 9.90. The molecule has 0 saturated carbocycles. The van der Waals surface area contributed by atoms with Gasteiger partial charge < -0.3 is 10.4 Å². The first-order valence-electron chi connectivity index (χ1n) is 5.76. The smallest absolute Gasteiger partial charge is 0.315 e. The molecule has 7 heteroatoms. The van der Waals surface area contributed by atoms with Crippen LogP contribution in [0.3, 0.4) is 0 Å². The Kier molecular flexibility index (Phi) is 3.86. The molecule has 0 aliphatic heterocycles. The van der Waals surface area contributed by atoms with Gasteiger partial charge in [-0.25, -0.2) is 9.97 Å². The maximum Gasteiger partial charge on any atom is 0.315 e. The minimum absolute atomic E-state index is 0.0620. The fourth-order valence-corrected chi connectivity index (χ4v) is 3.04. The second-order valence-corrected chi connectivity index (χ2v) is 6.49. The molecule has 0 radical (unpaired) electrons. The van der Waals surface area contributed by atoms with E-state index in [0.29, 0.717) is 10.8 Å². The van der Waals surface area contributed by atoms with Crippen LogP contribution in [0, 0.1) is 0 Å². The molecule has 2 aromatic rings. The number of carbonyl (C=O) groups is 1. The second-order valence-electron chi connectivity index (χ2n) is 4.70. The van der Waals surface area contributed by atoms with Crippen molar-refractivity contribution in [3.05, 3.63) is 27.7 Å². The van der Waals surface area contributed by atoms with Gasteiger partial charge in [0.25, 0.3) is 0 Å². The molecule has 0 aliphatic carbocycles. The number of hydrogen-bond acceptors (Lipinski definition) is 6. The van der Waals surface area contributed by atoms with Crippen molar-refractivity contribution in [2.24, 2.45) is 0 Å². The maximum absolute atomic E-state index is 11.2. The first kappa shape index (κ1) is 14.0. The second kappa shape index (κ2) is 5.26. The summed E-state index contributed by atoms with van der Waals surface area (Å²) in [4.78, 5) is 19.8. The summed E-state index contributed by atoms with van der Waals surface area (Å²) in [6.45, 7) is 5.30. The monoisotopic (exact) mass is 297 g/mol. The van der Waals surface area contributed by atoms with E-state index in [-0.39, 0.29) is 6.04 Å². The van der Waals surface area contributed by atoms with E-state index in [9.17, 15) is 9.90 Å². The van der Waals surface area contributed by atoms with E-state index in [4.69, 9.17) is 0 Å². The zero-order chi connectivity index (χ0) is 14.0. The number of carboxylic acids is 1. The van der Waals surface area contributed by atoms with E-state index in [0.717, 1.165) is 5.01 Å². The number of thiazole rings is 2. The minimum atomic E-state index is -0.971. The fraction of sp³-hybridized carbons (Fsp3) is 0.417. The first-order valence-corrected chi connectivity index (χ1v) is 7.52. The van der Waals surface area contributed by atoms with Gasteiger partial charge in [0.2, 0.25) is 0 Å². The first-order chi connectivity index (χ1) is 8.91. The van der Waals surface area contributed by atoms with Crippen LogP contribution in [-0.2, 0) is 10.2 Å². The molecule has 2 rings (SSSR count). The van der Waals surface area contributed by atoms with Gasteiger partial charge >= 0.3 is 5.97 Å². The standard InChI is InChI=1S/C12H15N3O2S2/c1-7(9-13-4-5-18-9)14-11-15-8(6-19-11)12(2,3)10(16)17/h4-7H,1-3H3,(H,14,15)(H,16,17). The van der Waals surface area contributed by atoms with Gasteiger partial charge in [0, 0.05) is 17.0 Å². The van der Waals surface area contributed by atoms with Crippen molar-refractivity contribution in [3.63, 3.8) is 0 Å². The Balaban J connectivity index is 2.12. The third kappa shape index (κ3) is 2.93. The predicted octanol–water partition coefficient (Wildman–Crippen LogP) is 3.13. The lowest BCUT2D eigenvalue weighted by molar-refractivity contribution is -0.142. The molecule has 5 nitrogen and oxygen atoms in total. The van der Waals surface area contributed by atoms with Gasteiger partial charge in [-0.15, -0.1) is 22.7 Å². The zero-order valence-corrected chi connectivity index (χ0v) is 12.5. The third-order valence-electron chi connectivity index (χ3n) is 2.84. The highest BCUT2D eigenvalue weighted by molar-refractivity contribution is 7.13. The van der Waals surface area contributed by atoms with E-state index in [1.807, 2.05) is 12.3 Å². The van der Waals surface area contributed by atoms with Crippen LogP contribution in [0.25, 0.3) is 0 Å². The van der Waals surface area contributed by atoms with Gasteiger partial charge in [-0.2, -0.15) is 0 Å². The quantitative estimate of drug-likeness (QED) is 0.886. The Labute approximate surface area is 119 Å². The van der Waals surface area contributed by atoms with E-state index >= 15 is 0 Å². The van der Waals surface area contributed by atoms with Crippen LogP contribution in [0.2, 0.25) is 0 Å². The van der Waals surface area contributed by atoms with Crippen molar-refractivity contribution >= 4 is 33.8 Å². The van der Waals surface area contributed by atoms with Crippen LogP contribution in [0.5, 0.6) is 0 Å². The van der Waals surface area contributed by atoms with Crippen molar-refractivity contribution in [1.29, 1.82) is 0 Å². The van der Waals surface area contributed by atoms with Gasteiger partial charge in [-0.1, -0.05) is 0 Å². The number of aliphatic carboxylic acids is 1. The molecular formula is C12H15N3O2S2. The minimum Gasteiger partial charge on any atom is -0.481 e. The van der Waals surface area contributed by atoms with Crippen LogP contribution < -0.4 is 5.32 Å². The van der Waals surface area contributed by atoms with Crippen LogP contribution in [0.15, 0.2) is 17.0 Å². The summed E-state index contributed by atoms with van der Waals surface area (Å²) in [6, 6.07) is 0.0620. The number of nitrogens with one attached hydrogen (secondary N) is 1. The van der Waals surface area contributed by atoms with E-state index in [2.05, 4.69) is 15.3 Å². The molecule has 0 spiro atoms. The SMILES string of the molecule is CC(Nc1nc(C(C)(C)C(=O)O)cs1)c1nccs1.